The van der Waals surface area contributed by atoms with Gasteiger partial charge in [0.25, 0.3) is 0 Å². The Labute approximate surface area is 154 Å². The van der Waals surface area contributed by atoms with E-state index in [1.807, 2.05) is 0 Å². The van der Waals surface area contributed by atoms with Gasteiger partial charge in [0.2, 0.25) is 0 Å². The van der Waals surface area contributed by atoms with Crippen LogP contribution in [0, 0.1) is 0 Å². The minimum Gasteiger partial charge on any atom is -0.311 e. The van der Waals surface area contributed by atoms with Crippen LogP contribution in [-0.4, -0.2) is 0 Å². The average molecular weight is 431 g/mol. The number of anilines is 3. The van der Waals surface area contributed by atoms with Gasteiger partial charge < -0.3 is 4.90 Å². The predicted octanol–water partition coefficient (Wildman–Crippen LogP) is 7.24. The topological polar surface area (TPSA) is 3.24 Å². The molecular formula is C20H17Br2N. The normalized spacial score (nSPS) is 10.6. The highest BCUT2D eigenvalue weighted by atomic mass is 79.9. The second-order valence-electron chi connectivity index (χ2n) is 5.31. The molecule has 0 atom stereocenters. The number of rotatable bonds is 4. The molecule has 0 heterocycles. The number of hydrogen-bond acceptors (Lipinski definition) is 1. The van der Waals surface area contributed by atoms with Crippen LogP contribution in [0.2, 0.25) is 0 Å². The highest BCUT2D eigenvalue weighted by molar-refractivity contribution is 9.10. The van der Waals surface area contributed by atoms with Crippen molar-refractivity contribution in [3.63, 3.8) is 0 Å². The maximum absolute atomic E-state index is 3.51. The number of hydrogen-bond donors (Lipinski definition) is 0. The molecular weight excluding hydrogens is 414 g/mol. The van der Waals surface area contributed by atoms with Crippen molar-refractivity contribution in [2.45, 2.75) is 13.3 Å². The van der Waals surface area contributed by atoms with E-state index >= 15 is 0 Å². The lowest BCUT2D eigenvalue weighted by molar-refractivity contribution is 1.14. The SMILES string of the molecule is CCc1ccc(N(c2ccc(Br)cc2)c2ccc(Br)cc2)cc1. The first-order valence-corrected chi connectivity index (χ1v) is 9.16. The van der Waals surface area contributed by atoms with Gasteiger partial charge in [-0.15, -0.1) is 0 Å². The third kappa shape index (κ3) is 3.85. The van der Waals surface area contributed by atoms with E-state index in [1.54, 1.807) is 0 Å². The fourth-order valence-electron chi connectivity index (χ4n) is 2.51. The molecule has 0 unspecified atom stereocenters. The van der Waals surface area contributed by atoms with Gasteiger partial charge in [-0.3, -0.25) is 0 Å². The van der Waals surface area contributed by atoms with Crippen molar-refractivity contribution in [1.29, 1.82) is 0 Å². The Morgan fingerprint density at radius 2 is 0.957 bits per heavy atom. The summed E-state index contributed by atoms with van der Waals surface area (Å²) in [5.74, 6) is 0. The van der Waals surface area contributed by atoms with Crippen LogP contribution in [0.25, 0.3) is 0 Å². The van der Waals surface area contributed by atoms with Gasteiger partial charge in [-0.05, 0) is 72.6 Å². The minimum absolute atomic E-state index is 1.05. The Kier molecular flexibility index (Phi) is 5.19. The summed E-state index contributed by atoms with van der Waals surface area (Å²) in [6.07, 6.45) is 1.05. The number of benzene rings is 3. The van der Waals surface area contributed by atoms with E-state index in [2.05, 4.69) is 116 Å². The first-order chi connectivity index (χ1) is 11.2. The molecule has 0 saturated carbocycles. The highest BCUT2D eigenvalue weighted by Gasteiger charge is 2.12. The van der Waals surface area contributed by atoms with Crippen molar-refractivity contribution in [2.24, 2.45) is 0 Å². The molecule has 0 aromatic heterocycles. The third-order valence-corrected chi connectivity index (χ3v) is 4.83. The molecule has 0 N–H and O–H groups in total. The Hall–Kier alpha value is -1.58. The molecule has 3 heteroatoms. The van der Waals surface area contributed by atoms with E-state index in [0.717, 1.165) is 32.4 Å². The van der Waals surface area contributed by atoms with E-state index < -0.39 is 0 Å². The molecule has 0 aliphatic carbocycles. The summed E-state index contributed by atoms with van der Waals surface area (Å²) in [6, 6.07) is 25.5. The van der Waals surface area contributed by atoms with Gasteiger partial charge >= 0.3 is 0 Å². The van der Waals surface area contributed by atoms with Crippen molar-refractivity contribution in [3.05, 3.63) is 87.3 Å². The van der Waals surface area contributed by atoms with Crippen LogP contribution in [-0.2, 0) is 6.42 Å². The molecule has 116 valence electrons. The van der Waals surface area contributed by atoms with Crippen molar-refractivity contribution >= 4 is 48.9 Å². The summed E-state index contributed by atoms with van der Waals surface area (Å²) in [7, 11) is 0. The highest BCUT2D eigenvalue weighted by Crippen LogP contribution is 2.35. The first kappa shape index (κ1) is 16.3. The standard InChI is InChI=1S/C20H17Br2N/c1-2-15-3-9-18(10-4-15)23(19-11-5-16(21)6-12-19)20-13-7-17(22)8-14-20/h3-14H,2H2,1H3. The summed E-state index contributed by atoms with van der Waals surface area (Å²) >= 11 is 7.02. The van der Waals surface area contributed by atoms with Crippen LogP contribution in [0.5, 0.6) is 0 Å². The van der Waals surface area contributed by atoms with Crippen LogP contribution in [0.1, 0.15) is 12.5 Å². The maximum Gasteiger partial charge on any atom is 0.0462 e. The van der Waals surface area contributed by atoms with E-state index in [4.69, 9.17) is 0 Å². The summed E-state index contributed by atoms with van der Waals surface area (Å²) in [5.41, 5.74) is 4.78. The smallest absolute Gasteiger partial charge is 0.0462 e. The lowest BCUT2D eigenvalue weighted by Crippen LogP contribution is -2.09. The first-order valence-electron chi connectivity index (χ1n) is 7.57. The van der Waals surface area contributed by atoms with Crippen LogP contribution in [0.15, 0.2) is 81.7 Å². The molecule has 0 saturated heterocycles. The number of aryl methyl sites for hydroxylation is 1. The molecule has 0 radical (unpaired) electrons. The van der Waals surface area contributed by atoms with Crippen molar-refractivity contribution in [1.82, 2.24) is 0 Å². The molecule has 3 aromatic rings. The molecule has 3 rings (SSSR count). The van der Waals surface area contributed by atoms with Crippen molar-refractivity contribution < 1.29 is 0 Å². The van der Waals surface area contributed by atoms with Gasteiger partial charge in [-0.25, -0.2) is 0 Å². The molecule has 23 heavy (non-hydrogen) atoms. The molecule has 0 fully saturated rings. The zero-order valence-corrected chi connectivity index (χ0v) is 16.0. The second-order valence-corrected chi connectivity index (χ2v) is 7.14. The van der Waals surface area contributed by atoms with Gasteiger partial charge in [0.1, 0.15) is 0 Å². The zero-order valence-electron chi connectivity index (χ0n) is 12.8. The lowest BCUT2D eigenvalue weighted by atomic mass is 10.1. The van der Waals surface area contributed by atoms with Crippen molar-refractivity contribution in [2.75, 3.05) is 4.90 Å². The molecule has 0 bridgehead atoms. The number of halogens is 2. The Balaban J connectivity index is 2.08. The van der Waals surface area contributed by atoms with Gasteiger partial charge in [0, 0.05) is 26.0 Å². The summed E-state index contributed by atoms with van der Waals surface area (Å²) in [4.78, 5) is 2.26. The molecule has 0 aliphatic heterocycles. The molecule has 0 spiro atoms. The maximum atomic E-state index is 3.51. The van der Waals surface area contributed by atoms with E-state index in [9.17, 15) is 0 Å². The van der Waals surface area contributed by atoms with Crippen LogP contribution < -0.4 is 4.90 Å². The van der Waals surface area contributed by atoms with E-state index in [0.29, 0.717) is 0 Å². The summed E-state index contributed by atoms with van der Waals surface area (Å²) in [5, 5.41) is 0. The molecule has 0 aliphatic rings. The Bertz CT molecular complexity index is 717. The quantitative estimate of drug-likeness (QED) is 0.421. The van der Waals surface area contributed by atoms with Crippen LogP contribution in [0.4, 0.5) is 17.1 Å². The minimum atomic E-state index is 1.05. The van der Waals surface area contributed by atoms with Gasteiger partial charge in [-0.2, -0.15) is 0 Å². The monoisotopic (exact) mass is 429 g/mol. The fraction of sp³-hybridized carbons (Fsp3) is 0.100. The van der Waals surface area contributed by atoms with Crippen LogP contribution in [0.3, 0.4) is 0 Å². The largest absolute Gasteiger partial charge is 0.311 e. The summed E-state index contributed by atoms with van der Waals surface area (Å²) < 4.78 is 2.16. The number of nitrogens with zero attached hydrogens (tertiary/aromatic N) is 1. The van der Waals surface area contributed by atoms with E-state index in [-0.39, 0.29) is 0 Å². The summed E-state index contributed by atoms with van der Waals surface area (Å²) in [6.45, 7) is 2.18. The van der Waals surface area contributed by atoms with Gasteiger partial charge in [0.15, 0.2) is 0 Å². The van der Waals surface area contributed by atoms with E-state index in [1.165, 1.54) is 5.56 Å². The van der Waals surface area contributed by atoms with Crippen molar-refractivity contribution in [3.8, 4) is 0 Å². The van der Waals surface area contributed by atoms with Crippen LogP contribution >= 0.6 is 31.9 Å². The lowest BCUT2D eigenvalue weighted by Gasteiger charge is -2.25. The average Bonchev–Trinajstić information content (AvgIpc) is 2.59. The zero-order chi connectivity index (χ0) is 16.2. The predicted molar refractivity (Wildman–Crippen MR) is 106 cm³/mol. The van der Waals surface area contributed by atoms with Gasteiger partial charge in [-0.1, -0.05) is 50.9 Å². The Morgan fingerprint density at radius 3 is 1.30 bits per heavy atom. The third-order valence-electron chi connectivity index (χ3n) is 3.77. The van der Waals surface area contributed by atoms with Gasteiger partial charge in [0.05, 0.1) is 0 Å². The second kappa shape index (κ2) is 7.33. The Morgan fingerprint density at radius 1 is 0.609 bits per heavy atom. The molecule has 3 aromatic carbocycles. The molecule has 1 nitrogen and oxygen atoms in total. The molecule has 0 amide bonds. The fourth-order valence-corrected chi connectivity index (χ4v) is 3.04.